The Morgan fingerprint density at radius 2 is 1.78 bits per heavy atom. The predicted molar refractivity (Wildman–Crippen MR) is 111 cm³/mol. The van der Waals surface area contributed by atoms with E-state index in [9.17, 15) is 4.39 Å². The largest absolute Gasteiger partial charge is 0.383 e. The maximum atomic E-state index is 13.6. The second kappa shape index (κ2) is 11.2. The Kier molecular flexibility index (Phi) is 8.92. The third-order valence-corrected chi connectivity index (χ3v) is 4.66. The van der Waals surface area contributed by atoms with Crippen LogP contribution in [0.1, 0.15) is 34.6 Å². The van der Waals surface area contributed by atoms with E-state index < -0.39 is 0 Å². The highest BCUT2D eigenvalue weighted by Gasteiger charge is 2.21. The zero-order chi connectivity index (χ0) is 19.6. The van der Waals surface area contributed by atoms with Crippen LogP contribution in [0.15, 0.2) is 42.5 Å². The fraction of sp³-hybridized carbons (Fsp3) is 0.478. The molecular weight excluding hydrogens is 339 g/mol. The maximum Gasteiger partial charge on any atom is 0.123 e. The number of nitrogens with one attached hydrogen (secondary N) is 1. The highest BCUT2D eigenvalue weighted by molar-refractivity contribution is 5.42. The average Bonchev–Trinajstić information content (AvgIpc) is 2.77. The standard InChI is InChI=1S/C20H24FNO.C3H9N/c1-23-11-10-22-9-8-17-13-18-14-19(21)7-6-15(18)12-16-4-2-3-5-20(16)17;1-4(2)3/h2-7,14,17,22H,8-13H2,1H3;1-3H3. The van der Waals surface area contributed by atoms with E-state index >= 15 is 0 Å². The van der Waals surface area contributed by atoms with Gasteiger partial charge in [0.2, 0.25) is 0 Å². The Hall–Kier alpha value is -1.75. The number of ether oxygens (including phenoxy) is 1. The van der Waals surface area contributed by atoms with E-state index in [-0.39, 0.29) is 5.82 Å². The van der Waals surface area contributed by atoms with Gasteiger partial charge in [0.1, 0.15) is 5.82 Å². The summed E-state index contributed by atoms with van der Waals surface area (Å²) in [5.74, 6) is 0.302. The highest BCUT2D eigenvalue weighted by Crippen LogP contribution is 2.34. The predicted octanol–water partition coefficient (Wildman–Crippen LogP) is 3.86. The number of hydrogen-bond acceptors (Lipinski definition) is 3. The van der Waals surface area contributed by atoms with Crippen molar-refractivity contribution in [2.24, 2.45) is 0 Å². The summed E-state index contributed by atoms with van der Waals surface area (Å²) in [7, 11) is 7.72. The number of hydrogen-bond donors (Lipinski definition) is 1. The van der Waals surface area contributed by atoms with Gasteiger partial charge in [-0.2, -0.15) is 0 Å². The van der Waals surface area contributed by atoms with Gasteiger partial charge in [0.05, 0.1) is 6.61 Å². The van der Waals surface area contributed by atoms with Gasteiger partial charge in [0.15, 0.2) is 0 Å². The molecule has 0 saturated heterocycles. The van der Waals surface area contributed by atoms with Crippen LogP contribution >= 0.6 is 0 Å². The van der Waals surface area contributed by atoms with Gasteiger partial charge in [0, 0.05) is 13.7 Å². The molecule has 1 aliphatic rings. The highest BCUT2D eigenvalue weighted by atomic mass is 19.1. The molecule has 1 N–H and O–H groups in total. The van der Waals surface area contributed by atoms with Crippen molar-refractivity contribution in [1.82, 2.24) is 10.2 Å². The summed E-state index contributed by atoms with van der Waals surface area (Å²) in [5, 5.41) is 3.42. The van der Waals surface area contributed by atoms with Gasteiger partial charge in [-0.05, 0) is 87.3 Å². The fourth-order valence-corrected chi connectivity index (χ4v) is 3.46. The Labute approximate surface area is 163 Å². The van der Waals surface area contributed by atoms with Gasteiger partial charge in [0.25, 0.3) is 0 Å². The van der Waals surface area contributed by atoms with Gasteiger partial charge < -0.3 is 15.0 Å². The first-order valence-electron chi connectivity index (χ1n) is 9.67. The van der Waals surface area contributed by atoms with E-state index in [2.05, 4.69) is 29.6 Å². The second-order valence-corrected chi connectivity index (χ2v) is 7.56. The topological polar surface area (TPSA) is 24.5 Å². The summed E-state index contributed by atoms with van der Waals surface area (Å²) in [6.07, 6.45) is 2.87. The lowest BCUT2D eigenvalue weighted by Gasteiger charge is -2.18. The van der Waals surface area contributed by atoms with E-state index in [0.717, 1.165) is 44.5 Å². The normalized spacial score (nSPS) is 15.4. The molecule has 1 atom stereocenters. The van der Waals surface area contributed by atoms with Crippen LogP contribution in [0, 0.1) is 5.82 Å². The zero-order valence-electron chi connectivity index (χ0n) is 17.1. The molecule has 148 valence electrons. The minimum Gasteiger partial charge on any atom is -0.383 e. The van der Waals surface area contributed by atoms with E-state index in [0.29, 0.717) is 5.92 Å². The zero-order valence-corrected chi connectivity index (χ0v) is 17.1. The smallest absolute Gasteiger partial charge is 0.123 e. The van der Waals surface area contributed by atoms with Crippen LogP contribution in [0.5, 0.6) is 0 Å². The van der Waals surface area contributed by atoms with Crippen molar-refractivity contribution in [3.63, 3.8) is 0 Å². The molecule has 0 bridgehead atoms. The number of methoxy groups -OCH3 is 1. The molecule has 0 heterocycles. The quantitative estimate of drug-likeness (QED) is 0.780. The van der Waals surface area contributed by atoms with Gasteiger partial charge in [-0.3, -0.25) is 0 Å². The van der Waals surface area contributed by atoms with Crippen molar-refractivity contribution in [2.75, 3.05) is 47.9 Å². The third kappa shape index (κ3) is 7.06. The molecule has 27 heavy (non-hydrogen) atoms. The molecule has 0 fully saturated rings. The molecule has 3 rings (SSSR count). The molecule has 3 nitrogen and oxygen atoms in total. The van der Waals surface area contributed by atoms with E-state index in [4.69, 9.17) is 4.74 Å². The first-order valence-corrected chi connectivity index (χ1v) is 9.67. The van der Waals surface area contributed by atoms with E-state index in [1.54, 1.807) is 19.2 Å². The SMILES string of the molecule is CN(C)C.COCCNCCC1Cc2cc(F)ccc2Cc2ccccc21. The summed E-state index contributed by atoms with van der Waals surface area (Å²) in [6.45, 7) is 2.55. The minimum absolute atomic E-state index is 0.133. The summed E-state index contributed by atoms with van der Waals surface area (Å²) in [5.41, 5.74) is 5.20. The van der Waals surface area contributed by atoms with Gasteiger partial charge in [-0.15, -0.1) is 0 Å². The molecule has 0 amide bonds. The molecule has 0 radical (unpaired) electrons. The van der Waals surface area contributed by atoms with Crippen LogP contribution in [-0.2, 0) is 17.6 Å². The van der Waals surface area contributed by atoms with Crippen LogP contribution in [-0.4, -0.2) is 52.8 Å². The first kappa shape index (κ1) is 21.5. The summed E-state index contributed by atoms with van der Waals surface area (Å²) < 4.78 is 18.7. The number of rotatable bonds is 6. The Morgan fingerprint density at radius 3 is 2.52 bits per heavy atom. The molecule has 4 heteroatoms. The van der Waals surface area contributed by atoms with Gasteiger partial charge in [-0.25, -0.2) is 4.39 Å². The van der Waals surface area contributed by atoms with Crippen molar-refractivity contribution >= 4 is 0 Å². The van der Waals surface area contributed by atoms with Crippen LogP contribution in [0.3, 0.4) is 0 Å². The average molecular weight is 373 g/mol. The van der Waals surface area contributed by atoms with Crippen LogP contribution in [0.25, 0.3) is 0 Å². The Bertz CT molecular complexity index is 700. The third-order valence-electron chi connectivity index (χ3n) is 4.66. The van der Waals surface area contributed by atoms with Crippen molar-refractivity contribution < 1.29 is 9.13 Å². The molecule has 0 aromatic heterocycles. The Balaban J connectivity index is 0.000000596. The first-order chi connectivity index (χ1) is 13.0. The lowest BCUT2D eigenvalue weighted by atomic mass is 9.89. The lowest BCUT2D eigenvalue weighted by Crippen LogP contribution is -2.22. The lowest BCUT2D eigenvalue weighted by molar-refractivity contribution is 0.199. The molecule has 2 aromatic rings. The van der Waals surface area contributed by atoms with Crippen LogP contribution in [0.2, 0.25) is 0 Å². The monoisotopic (exact) mass is 372 g/mol. The summed E-state index contributed by atoms with van der Waals surface area (Å²) >= 11 is 0. The second-order valence-electron chi connectivity index (χ2n) is 7.56. The summed E-state index contributed by atoms with van der Waals surface area (Å²) in [4.78, 5) is 2.00. The number of benzene rings is 2. The molecule has 0 aliphatic heterocycles. The molecule has 1 aliphatic carbocycles. The van der Waals surface area contributed by atoms with Crippen LogP contribution in [0.4, 0.5) is 4.39 Å². The molecule has 1 unspecified atom stereocenters. The summed E-state index contributed by atoms with van der Waals surface area (Å²) in [6, 6.07) is 13.9. The van der Waals surface area contributed by atoms with Crippen molar-refractivity contribution in [3.05, 3.63) is 70.5 Å². The Morgan fingerprint density at radius 1 is 1.04 bits per heavy atom. The van der Waals surface area contributed by atoms with Crippen molar-refractivity contribution in [3.8, 4) is 0 Å². The van der Waals surface area contributed by atoms with E-state index in [1.807, 2.05) is 32.1 Å². The van der Waals surface area contributed by atoms with E-state index in [1.165, 1.54) is 16.7 Å². The molecule has 0 spiro atoms. The van der Waals surface area contributed by atoms with Gasteiger partial charge >= 0.3 is 0 Å². The molecule has 2 aromatic carbocycles. The molecule has 0 saturated carbocycles. The fourth-order valence-electron chi connectivity index (χ4n) is 3.46. The number of nitrogens with zero attached hydrogens (tertiary/aromatic N) is 1. The number of fused-ring (bicyclic) bond motifs is 2. The van der Waals surface area contributed by atoms with Crippen LogP contribution < -0.4 is 5.32 Å². The number of halogens is 1. The van der Waals surface area contributed by atoms with Crippen molar-refractivity contribution in [2.45, 2.75) is 25.2 Å². The van der Waals surface area contributed by atoms with Crippen molar-refractivity contribution in [1.29, 1.82) is 0 Å². The van der Waals surface area contributed by atoms with Gasteiger partial charge in [-0.1, -0.05) is 30.3 Å². The minimum atomic E-state index is -0.133. The molecular formula is C23H33FN2O. The maximum absolute atomic E-state index is 13.6.